The number of amides is 2. The summed E-state index contributed by atoms with van der Waals surface area (Å²) < 4.78 is 11.5. The Hall–Kier alpha value is -2.44. The van der Waals surface area contributed by atoms with E-state index < -0.39 is 0 Å². The summed E-state index contributed by atoms with van der Waals surface area (Å²) in [6, 6.07) is 3.09. The Morgan fingerprint density at radius 1 is 1.03 bits per heavy atom. The molecule has 2 amide bonds. The fourth-order valence-corrected chi connectivity index (χ4v) is 3.69. The van der Waals surface area contributed by atoms with Crippen LogP contribution in [0, 0.1) is 13.8 Å². The number of nitrogens with zero attached hydrogens (tertiary/aromatic N) is 3. The average Bonchev–Trinajstić information content (AvgIpc) is 2.99. The van der Waals surface area contributed by atoms with Crippen molar-refractivity contribution in [2.45, 2.75) is 13.8 Å². The zero-order chi connectivity index (χ0) is 22.3. The van der Waals surface area contributed by atoms with Gasteiger partial charge in [0.1, 0.15) is 10.7 Å². The number of rotatable bonds is 4. The van der Waals surface area contributed by atoms with E-state index in [1.807, 2.05) is 13.8 Å². The second-order valence-corrected chi connectivity index (χ2v) is 8.72. The van der Waals surface area contributed by atoms with Crippen LogP contribution in [0.2, 0.25) is 0 Å². The molecule has 160 valence electrons. The predicted molar refractivity (Wildman–Crippen MR) is 126 cm³/mol. The maximum Gasteiger partial charge on any atom is 0.324 e. The van der Waals surface area contributed by atoms with E-state index in [2.05, 4.69) is 57.4 Å². The topological polar surface area (TPSA) is 124 Å². The number of methoxy groups -OCH3 is 2. The summed E-state index contributed by atoms with van der Waals surface area (Å²) in [6.45, 7) is 3.74. The Bertz CT molecular complexity index is 1030. The number of anilines is 3. The molecular formula is C18H20Br2N6O3S. The van der Waals surface area contributed by atoms with Crippen molar-refractivity contribution in [2.75, 3.05) is 30.6 Å². The number of pyridine rings is 2. The number of urea groups is 1. The van der Waals surface area contributed by atoms with Gasteiger partial charge >= 0.3 is 6.03 Å². The predicted octanol–water partition coefficient (Wildman–Crippen LogP) is 5.00. The highest BCUT2D eigenvalue weighted by molar-refractivity contribution is 9.10. The maximum atomic E-state index is 12.0. The van der Waals surface area contributed by atoms with E-state index in [9.17, 15) is 4.79 Å². The number of carbonyl (C=O) groups excluding carboxylic acids is 1. The summed E-state index contributed by atoms with van der Waals surface area (Å²) in [4.78, 5) is 24.2. The SMILES string of the molecule is COc1ncc(Br)cc1N.COc1ncc(Br)cc1NC(=O)Nc1sc(C)nc1C. The van der Waals surface area contributed by atoms with Crippen molar-refractivity contribution >= 4 is 65.6 Å². The number of thiazole rings is 1. The van der Waals surface area contributed by atoms with Crippen LogP contribution in [0.25, 0.3) is 0 Å². The van der Waals surface area contributed by atoms with Crippen LogP contribution in [0.1, 0.15) is 10.7 Å². The minimum Gasteiger partial charge on any atom is -0.480 e. The fraction of sp³-hybridized carbons (Fsp3) is 0.222. The number of hydrogen-bond acceptors (Lipinski definition) is 8. The number of aromatic nitrogens is 3. The molecule has 0 bridgehead atoms. The molecular weight excluding hydrogens is 540 g/mol. The van der Waals surface area contributed by atoms with Gasteiger partial charge in [-0.1, -0.05) is 0 Å². The second-order valence-electron chi connectivity index (χ2n) is 5.69. The Morgan fingerprint density at radius 2 is 1.63 bits per heavy atom. The van der Waals surface area contributed by atoms with Crippen molar-refractivity contribution < 1.29 is 14.3 Å². The molecule has 0 aromatic carbocycles. The fourth-order valence-electron chi connectivity index (χ4n) is 2.20. The smallest absolute Gasteiger partial charge is 0.324 e. The van der Waals surface area contributed by atoms with Crippen molar-refractivity contribution in [1.82, 2.24) is 15.0 Å². The number of hydrogen-bond donors (Lipinski definition) is 3. The minimum absolute atomic E-state index is 0.348. The van der Waals surface area contributed by atoms with E-state index in [1.165, 1.54) is 25.6 Å². The van der Waals surface area contributed by atoms with Gasteiger partial charge in [-0.3, -0.25) is 5.32 Å². The van der Waals surface area contributed by atoms with Crippen LogP contribution < -0.4 is 25.8 Å². The number of aryl methyl sites for hydroxylation is 2. The zero-order valence-electron chi connectivity index (χ0n) is 16.6. The van der Waals surface area contributed by atoms with Gasteiger partial charge in [0, 0.05) is 21.3 Å². The minimum atomic E-state index is -0.366. The maximum absolute atomic E-state index is 12.0. The number of nitrogens with one attached hydrogen (secondary N) is 2. The average molecular weight is 560 g/mol. The van der Waals surface area contributed by atoms with E-state index >= 15 is 0 Å². The third-order valence-electron chi connectivity index (χ3n) is 3.43. The monoisotopic (exact) mass is 558 g/mol. The van der Waals surface area contributed by atoms with E-state index in [0.717, 1.165) is 24.6 Å². The molecule has 3 rings (SSSR count). The van der Waals surface area contributed by atoms with Crippen molar-refractivity contribution in [3.8, 4) is 11.8 Å². The molecule has 3 heterocycles. The van der Waals surface area contributed by atoms with Crippen LogP contribution >= 0.6 is 43.2 Å². The van der Waals surface area contributed by atoms with Gasteiger partial charge in [0.2, 0.25) is 11.8 Å². The van der Waals surface area contributed by atoms with Crippen molar-refractivity contribution in [2.24, 2.45) is 0 Å². The van der Waals surface area contributed by atoms with Gasteiger partial charge in [-0.25, -0.2) is 19.7 Å². The molecule has 0 aliphatic heterocycles. The second kappa shape index (κ2) is 11.1. The van der Waals surface area contributed by atoms with E-state index in [1.54, 1.807) is 24.5 Å². The van der Waals surface area contributed by atoms with Gasteiger partial charge in [0.15, 0.2) is 0 Å². The largest absolute Gasteiger partial charge is 0.480 e. The van der Waals surface area contributed by atoms with Gasteiger partial charge in [-0.05, 0) is 57.8 Å². The Morgan fingerprint density at radius 3 is 2.17 bits per heavy atom. The summed E-state index contributed by atoms with van der Waals surface area (Å²) in [5, 5.41) is 7.08. The molecule has 0 unspecified atom stereocenters. The Balaban J connectivity index is 0.000000269. The van der Waals surface area contributed by atoms with E-state index in [-0.39, 0.29) is 6.03 Å². The standard InChI is InChI=1S/C12H13BrN4O2S.C6H7BrN2O/c1-6-11(20-7(2)15-6)17-12(18)16-9-4-8(13)5-14-10(9)19-3;1-10-6-5(8)2-4(7)3-9-6/h4-5H,1-3H3,(H2,16,17,18);2-3H,8H2,1H3. The summed E-state index contributed by atoms with van der Waals surface area (Å²) in [7, 11) is 3.03. The number of nitrogens with two attached hydrogens (primary N) is 1. The molecule has 0 radical (unpaired) electrons. The van der Waals surface area contributed by atoms with Gasteiger partial charge < -0.3 is 20.5 Å². The first-order valence-electron chi connectivity index (χ1n) is 8.40. The first-order valence-corrected chi connectivity index (χ1v) is 10.8. The molecule has 9 nitrogen and oxygen atoms in total. The third kappa shape index (κ3) is 6.82. The lowest BCUT2D eigenvalue weighted by Gasteiger charge is -2.10. The van der Waals surface area contributed by atoms with Crippen LogP contribution in [0.15, 0.2) is 33.5 Å². The highest BCUT2D eigenvalue weighted by Crippen LogP contribution is 2.27. The number of ether oxygens (including phenoxy) is 2. The van der Waals surface area contributed by atoms with Crippen LogP contribution in [0.4, 0.5) is 21.2 Å². The van der Waals surface area contributed by atoms with Gasteiger partial charge in [0.05, 0.1) is 30.6 Å². The quantitative estimate of drug-likeness (QED) is 0.410. The van der Waals surface area contributed by atoms with E-state index in [4.69, 9.17) is 15.2 Å². The first-order chi connectivity index (χ1) is 14.2. The highest BCUT2D eigenvalue weighted by Gasteiger charge is 2.12. The molecule has 0 fully saturated rings. The summed E-state index contributed by atoms with van der Waals surface area (Å²) in [5.41, 5.74) is 7.33. The molecule has 0 aliphatic rings. The van der Waals surface area contributed by atoms with Crippen molar-refractivity contribution in [3.05, 3.63) is 44.2 Å². The highest BCUT2D eigenvalue weighted by atomic mass is 79.9. The van der Waals surface area contributed by atoms with Crippen molar-refractivity contribution in [3.63, 3.8) is 0 Å². The van der Waals surface area contributed by atoms with Gasteiger partial charge in [0.25, 0.3) is 0 Å². The molecule has 0 saturated heterocycles. The molecule has 3 aromatic heterocycles. The Kier molecular flexibility index (Phi) is 8.81. The molecule has 3 aromatic rings. The molecule has 0 saturated carbocycles. The van der Waals surface area contributed by atoms with Crippen LogP contribution in [-0.4, -0.2) is 35.2 Å². The summed E-state index contributed by atoms with van der Waals surface area (Å²) >= 11 is 7.95. The summed E-state index contributed by atoms with van der Waals surface area (Å²) in [5.74, 6) is 0.809. The van der Waals surface area contributed by atoms with Crippen LogP contribution in [-0.2, 0) is 0 Å². The van der Waals surface area contributed by atoms with Crippen LogP contribution in [0.3, 0.4) is 0 Å². The zero-order valence-corrected chi connectivity index (χ0v) is 20.6. The van der Waals surface area contributed by atoms with Gasteiger partial charge in [-0.2, -0.15) is 0 Å². The van der Waals surface area contributed by atoms with Crippen LogP contribution in [0.5, 0.6) is 11.8 Å². The van der Waals surface area contributed by atoms with Gasteiger partial charge in [-0.15, -0.1) is 11.3 Å². The number of nitrogen functional groups attached to an aromatic ring is 1. The first kappa shape index (κ1) is 23.8. The summed E-state index contributed by atoms with van der Waals surface area (Å²) in [6.07, 6.45) is 3.23. The van der Waals surface area contributed by atoms with E-state index in [0.29, 0.717) is 23.1 Å². The molecule has 12 heteroatoms. The number of carbonyl (C=O) groups is 1. The lowest BCUT2D eigenvalue weighted by Crippen LogP contribution is -2.20. The normalized spacial score (nSPS) is 9.93. The molecule has 0 atom stereocenters. The molecule has 0 aliphatic carbocycles. The molecule has 0 spiro atoms. The Labute approximate surface area is 194 Å². The molecule has 30 heavy (non-hydrogen) atoms. The van der Waals surface area contributed by atoms with Crippen molar-refractivity contribution in [1.29, 1.82) is 0 Å². The lowest BCUT2D eigenvalue weighted by atomic mass is 10.4. The molecule has 4 N–H and O–H groups in total. The lowest BCUT2D eigenvalue weighted by molar-refractivity contribution is 0.262. The third-order valence-corrected chi connectivity index (χ3v) is 5.28. The number of halogens is 2.